The maximum atomic E-state index is 12.7. The van der Waals surface area contributed by atoms with Crippen molar-refractivity contribution in [3.05, 3.63) is 59.1 Å². The fraction of sp³-hybridized carbons (Fsp3) is 0.364. The van der Waals surface area contributed by atoms with Gasteiger partial charge in [-0.1, -0.05) is 29.8 Å². The predicted octanol–water partition coefficient (Wildman–Crippen LogP) is 4.78. The van der Waals surface area contributed by atoms with E-state index in [-0.39, 0.29) is 5.91 Å². The number of amides is 1. The molecular weight excluding hydrogens is 356 g/mol. The van der Waals surface area contributed by atoms with Crippen molar-refractivity contribution in [1.29, 1.82) is 0 Å². The molecule has 3 aromatic rings. The Bertz CT molecular complexity index is 894. The van der Waals surface area contributed by atoms with Crippen LogP contribution in [0.5, 0.6) is 5.75 Å². The number of thiazole rings is 1. The number of nitrogens with zero attached hydrogens (tertiary/aromatic N) is 2. The molecule has 2 heterocycles. The molecule has 4 nitrogen and oxygen atoms in total. The number of ether oxygens (including phenoxy) is 1. The first-order valence-corrected chi connectivity index (χ1v) is 10.3. The monoisotopic (exact) mass is 380 g/mol. The largest absolute Gasteiger partial charge is 0.481 e. The summed E-state index contributed by atoms with van der Waals surface area (Å²) < 4.78 is 7.08. The van der Waals surface area contributed by atoms with Gasteiger partial charge in [0.25, 0.3) is 5.91 Å². The minimum absolute atomic E-state index is 0.0679. The van der Waals surface area contributed by atoms with Gasteiger partial charge in [-0.3, -0.25) is 4.79 Å². The van der Waals surface area contributed by atoms with Gasteiger partial charge >= 0.3 is 0 Å². The molecule has 1 saturated heterocycles. The molecule has 0 aliphatic carbocycles. The van der Waals surface area contributed by atoms with Crippen LogP contribution in [0.2, 0.25) is 0 Å². The molecular formula is C22H24N2O2S. The molecule has 0 radical (unpaired) electrons. The average molecular weight is 381 g/mol. The van der Waals surface area contributed by atoms with Crippen LogP contribution in [0.25, 0.3) is 10.2 Å². The second-order valence-electron chi connectivity index (χ2n) is 7.19. The number of likely N-dealkylation sites (tertiary alicyclic amines) is 1. The van der Waals surface area contributed by atoms with Crippen LogP contribution >= 0.6 is 11.3 Å². The Morgan fingerprint density at radius 2 is 1.85 bits per heavy atom. The van der Waals surface area contributed by atoms with Gasteiger partial charge in [0, 0.05) is 19.0 Å². The maximum Gasteiger partial charge on any atom is 0.263 e. The zero-order chi connectivity index (χ0) is 18.8. The summed E-state index contributed by atoms with van der Waals surface area (Å²) in [5, 5.41) is 1.20. The SMILES string of the molecule is Cc1ccc(O[C@@H](C)C(=O)N2CCC(c3nc4ccccc4s3)CC2)cc1. The normalized spacial score (nSPS) is 16.4. The van der Waals surface area contributed by atoms with Gasteiger partial charge in [0.2, 0.25) is 0 Å². The van der Waals surface area contributed by atoms with Crippen LogP contribution in [0.4, 0.5) is 0 Å². The lowest BCUT2D eigenvalue weighted by atomic mass is 9.97. The van der Waals surface area contributed by atoms with E-state index >= 15 is 0 Å². The van der Waals surface area contributed by atoms with Gasteiger partial charge in [-0.05, 0) is 51.0 Å². The molecule has 27 heavy (non-hydrogen) atoms. The van der Waals surface area contributed by atoms with Crippen molar-refractivity contribution in [3.8, 4) is 5.75 Å². The van der Waals surface area contributed by atoms with E-state index in [1.165, 1.54) is 15.3 Å². The highest BCUT2D eigenvalue weighted by molar-refractivity contribution is 7.18. The van der Waals surface area contributed by atoms with Crippen LogP contribution < -0.4 is 4.74 Å². The first kappa shape index (κ1) is 18.0. The zero-order valence-electron chi connectivity index (χ0n) is 15.7. The van der Waals surface area contributed by atoms with E-state index in [0.29, 0.717) is 5.92 Å². The van der Waals surface area contributed by atoms with Crippen molar-refractivity contribution < 1.29 is 9.53 Å². The highest BCUT2D eigenvalue weighted by Gasteiger charge is 2.29. The second-order valence-corrected chi connectivity index (χ2v) is 8.25. The van der Waals surface area contributed by atoms with E-state index in [1.807, 2.05) is 49.1 Å². The van der Waals surface area contributed by atoms with Crippen molar-refractivity contribution in [2.45, 2.75) is 38.7 Å². The number of aromatic nitrogens is 1. The number of rotatable bonds is 4. The number of piperidine rings is 1. The summed E-state index contributed by atoms with van der Waals surface area (Å²) >= 11 is 1.78. The van der Waals surface area contributed by atoms with E-state index in [0.717, 1.165) is 37.2 Å². The van der Waals surface area contributed by atoms with Crippen LogP contribution in [-0.4, -0.2) is 35.0 Å². The Morgan fingerprint density at radius 1 is 1.15 bits per heavy atom. The molecule has 0 saturated carbocycles. The summed E-state index contributed by atoms with van der Waals surface area (Å²) in [5.74, 6) is 1.25. The number of benzene rings is 2. The summed E-state index contributed by atoms with van der Waals surface area (Å²) in [5.41, 5.74) is 2.26. The van der Waals surface area contributed by atoms with Crippen LogP contribution in [-0.2, 0) is 4.79 Å². The molecule has 1 aromatic heterocycles. The van der Waals surface area contributed by atoms with Gasteiger partial charge in [-0.15, -0.1) is 11.3 Å². The molecule has 0 spiro atoms. The molecule has 1 atom stereocenters. The van der Waals surface area contributed by atoms with Gasteiger partial charge < -0.3 is 9.64 Å². The fourth-order valence-corrected chi connectivity index (χ4v) is 4.68. The molecule has 0 bridgehead atoms. The molecule has 1 fully saturated rings. The molecule has 2 aromatic carbocycles. The van der Waals surface area contributed by atoms with Gasteiger partial charge in [0.1, 0.15) is 5.75 Å². The van der Waals surface area contributed by atoms with E-state index in [4.69, 9.17) is 9.72 Å². The van der Waals surface area contributed by atoms with Gasteiger partial charge in [-0.2, -0.15) is 0 Å². The second kappa shape index (κ2) is 7.69. The van der Waals surface area contributed by atoms with Crippen LogP contribution in [0.1, 0.15) is 36.3 Å². The predicted molar refractivity (Wildman–Crippen MR) is 109 cm³/mol. The number of carbonyl (C=O) groups excluding carboxylic acids is 1. The first-order chi connectivity index (χ1) is 13.1. The topological polar surface area (TPSA) is 42.4 Å². The molecule has 0 unspecified atom stereocenters. The van der Waals surface area contributed by atoms with Gasteiger partial charge in [0.05, 0.1) is 15.2 Å². The maximum absolute atomic E-state index is 12.7. The lowest BCUT2D eigenvalue weighted by molar-refractivity contribution is -0.139. The summed E-state index contributed by atoms with van der Waals surface area (Å²) in [6.07, 6.45) is 1.46. The molecule has 4 rings (SSSR count). The highest BCUT2D eigenvalue weighted by Crippen LogP contribution is 2.34. The van der Waals surface area contributed by atoms with Crippen LogP contribution in [0.3, 0.4) is 0 Å². The lowest BCUT2D eigenvalue weighted by Gasteiger charge is -2.32. The van der Waals surface area contributed by atoms with E-state index < -0.39 is 6.10 Å². The van der Waals surface area contributed by atoms with E-state index in [9.17, 15) is 4.79 Å². The number of fused-ring (bicyclic) bond motifs is 1. The van der Waals surface area contributed by atoms with Crippen LogP contribution in [0, 0.1) is 6.92 Å². The zero-order valence-corrected chi connectivity index (χ0v) is 16.5. The van der Waals surface area contributed by atoms with E-state index in [1.54, 1.807) is 11.3 Å². The molecule has 0 N–H and O–H groups in total. The fourth-order valence-electron chi connectivity index (χ4n) is 3.54. The third-order valence-electron chi connectivity index (χ3n) is 5.15. The average Bonchev–Trinajstić information content (AvgIpc) is 3.13. The number of hydrogen-bond acceptors (Lipinski definition) is 4. The quantitative estimate of drug-likeness (QED) is 0.654. The molecule has 1 amide bonds. The number of aryl methyl sites for hydroxylation is 1. The summed E-state index contributed by atoms with van der Waals surface area (Å²) in [4.78, 5) is 19.5. The molecule has 1 aliphatic heterocycles. The smallest absolute Gasteiger partial charge is 0.263 e. The third-order valence-corrected chi connectivity index (χ3v) is 6.35. The number of para-hydroxylation sites is 1. The standard InChI is InChI=1S/C22H24N2O2S/c1-15-7-9-18(10-8-15)26-16(2)22(25)24-13-11-17(12-14-24)21-23-19-5-3-4-6-20(19)27-21/h3-10,16-17H,11-14H2,1-2H3/t16-/m0/s1. The van der Waals surface area contributed by atoms with Crippen molar-refractivity contribution >= 4 is 27.5 Å². The van der Waals surface area contributed by atoms with Gasteiger partial charge in [0.15, 0.2) is 6.10 Å². The van der Waals surface area contributed by atoms with Crippen molar-refractivity contribution in [3.63, 3.8) is 0 Å². The summed E-state index contributed by atoms with van der Waals surface area (Å²) in [7, 11) is 0. The minimum atomic E-state index is -0.466. The third kappa shape index (κ3) is 3.98. The van der Waals surface area contributed by atoms with Crippen molar-refractivity contribution in [2.75, 3.05) is 13.1 Å². The molecule has 140 valence electrons. The Morgan fingerprint density at radius 3 is 2.56 bits per heavy atom. The van der Waals surface area contributed by atoms with Crippen molar-refractivity contribution in [2.24, 2.45) is 0 Å². The molecule has 1 aliphatic rings. The Kier molecular flexibility index (Phi) is 5.12. The summed E-state index contributed by atoms with van der Waals surface area (Å²) in [6, 6.07) is 16.1. The van der Waals surface area contributed by atoms with E-state index in [2.05, 4.69) is 18.2 Å². The lowest BCUT2D eigenvalue weighted by Crippen LogP contribution is -2.44. The highest BCUT2D eigenvalue weighted by atomic mass is 32.1. The Balaban J connectivity index is 1.35. The van der Waals surface area contributed by atoms with Crippen molar-refractivity contribution in [1.82, 2.24) is 9.88 Å². The van der Waals surface area contributed by atoms with Crippen LogP contribution in [0.15, 0.2) is 48.5 Å². The number of carbonyl (C=O) groups is 1. The first-order valence-electron chi connectivity index (χ1n) is 9.48. The molecule has 5 heteroatoms. The Hall–Kier alpha value is -2.40. The Labute approximate surface area is 163 Å². The minimum Gasteiger partial charge on any atom is -0.481 e. The number of hydrogen-bond donors (Lipinski definition) is 0. The van der Waals surface area contributed by atoms with Gasteiger partial charge in [-0.25, -0.2) is 4.98 Å². The summed E-state index contributed by atoms with van der Waals surface area (Å²) in [6.45, 7) is 5.40.